The van der Waals surface area contributed by atoms with Gasteiger partial charge in [-0.25, -0.2) is 0 Å². The molecule has 6 nitrogen and oxygen atoms in total. The molecule has 0 saturated carbocycles. The van der Waals surface area contributed by atoms with Crippen LogP contribution in [0.5, 0.6) is 0 Å². The molecule has 6 heteroatoms. The van der Waals surface area contributed by atoms with Gasteiger partial charge in [0.05, 0.1) is 18.1 Å². The summed E-state index contributed by atoms with van der Waals surface area (Å²) < 4.78 is 0. The zero-order chi connectivity index (χ0) is 16.1. The Hall–Kier alpha value is -2.47. The molecule has 0 aliphatic carbocycles. The quantitative estimate of drug-likeness (QED) is 0.774. The third-order valence-corrected chi connectivity index (χ3v) is 3.33. The van der Waals surface area contributed by atoms with Crippen LogP contribution in [0, 0.1) is 5.92 Å². The summed E-state index contributed by atoms with van der Waals surface area (Å²) >= 11 is 0. The molecule has 2 aromatic rings. The Morgan fingerprint density at radius 2 is 2.05 bits per heavy atom. The number of carbonyl (C=O) groups is 2. The number of pyridine rings is 1. The Morgan fingerprint density at radius 1 is 1.27 bits per heavy atom. The zero-order valence-electron chi connectivity index (χ0n) is 12.7. The summed E-state index contributed by atoms with van der Waals surface area (Å²) in [7, 11) is 0. The van der Waals surface area contributed by atoms with Crippen molar-refractivity contribution in [3.63, 3.8) is 0 Å². The minimum Gasteiger partial charge on any atom is -0.346 e. The summed E-state index contributed by atoms with van der Waals surface area (Å²) in [4.78, 5) is 27.8. The lowest BCUT2D eigenvalue weighted by atomic mass is 10.1. The molecule has 0 saturated heterocycles. The normalized spacial score (nSPS) is 12.2. The number of nitrogens with zero attached hydrogens (tertiary/aromatic N) is 1. The van der Waals surface area contributed by atoms with E-state index in [0.717, 1.165) is 10.9 Å². The fourth-order valence-corrected chi connectivity index (χ4v) is 1.95. The lowest BCUT2D eigenvalue weighted by Gasteiger charge is -2.15. The van der Waals surface area contributed by atoms with Crippen molar-refractivity contribution in [1.82, 2.24) is 10.3 Å². The number of benzene rings is 1. The monoisotopic (exact) mass is 300 g/mol. The lowest BCUT2D eigenvalue weighted by molar-refractivity contribution is -0.125. The van der Waals surface area contributed by atoms with Gasteiger partial charge in [-0.05, 0) is 30.2 Å². The number of rotatable bonds is 5. The molecule has 1 heterocycles. The minimum absolute atomic E-state index is 0.0241. The van der Waals surface area contributed by atoms with Gasteiger partial charge in [-0.3, -0.25) is 14.6 Å². The van der Waals surface area contributed by atoms with Crippen LogP contribution in [0.1, 0.15) is 13.8 Å². The van der Waals surface area contributed by atoms with Gasteiger partial charge in [0.2, 0.25) is 11.8 Å². The van der Waals surface area contributed by atoms with Gasteiger partial charge in [0.1, 0.15) is 0 Å². The summed E-state index contributed by atoms with van der Waals surface area (Å²) in [5.41, 5.74) is 7.23. The first-order valence-corrected chi connectivity index (χ1v) is 7.15. The van der Waals surface area contributed by atoms with Crippen LogP contribution in [0.3, 0.4) is 0 Å². The Balaban J connectivity index is 1.92. The van der Waals surface area contributed by atoms with Gasteiger partial charge in [-0.1, -0.05) is 19.9 Å². The molecule has 0 aliphatic heterocycles. The van der Waals surface area contributed by atoms with Gasteiger partial charge in [-0.15, -0.1) is 0 Å². The largest absolute Gasteiger partial charge is 0.346 e. The second kappa shape index (κ2) is 7.00. The fraction of sp³-hybridized carbons (Fsp3) is 0.312. The highest BCUT2D eigenvalue weighted by Crippen LogP contribution is 2.16. The number of hydrogen-bond donors (Lipinski definition) is 3. The van der Waals surface area contributed by atoms with Crippen molar-refractivity contribution in [3.05, 3.63) is 36.5 Å². The molecule has 1 atom stereocenters. The Kier molecular flexibility index (Phi) is 5.06. The van der Waals surface area contributed by atoms with Gasteiger partial charge in [0.25, 0.3) is 0 Å². The van der Waals surface area contributed by atoms with Gasteiger partial charge in [0.15, 0.2) is 0 Å². The molecule has 0 spiro atoms. The first-order chi connectivity index (χ1) is 10.5. The first kappa shape index (κ1) is 15.9. The summed E-state index contributed by atoms with van der Waals surface area (Å²) in [6, 6.07) is 8.58. The Bertz CT molecular complexity index is 685. The molecular weight excluding hydrogens is 280 g/mol. The smallest absolute Gasteiger partial charge is 0.243 e. The number of fused-ring (bicyclic) bond motifs is 1. The molecule has 22 heavy (non-hydrogen) atoms. The van der Waals surface area contributed by atoms with Crippen LogP contribution in [0.15, 0.2) is 36.5 Å². The molecular formula is C16H20N4O2. The van der Waals surface area contributed by atoms with Gasteiger partial charge in [0, 0.05) is 17.3 Å². The third kappa shape index (κ3) is 4.02. The van der Waals surface area contributed by atoms with Crippen molar-refractivity contribution in [2.24, 2.45) is 11.7 Å². The highest BCUT2D eigenvalue weighted by atomic mass is 16.2. The lowest BCUT2D eigenvalue weighted by Crippen LogP contribution is -2.46. The van der Waals surface area contributed by atoms with Gasteiger partial charge < -0.3 is 16.4 Å². The second-order valence-electron chi connectivity index (χ2n) is 5.45. The van der Waals surface area contributed by atoms with E-state index in [-0.39, 0.29) is 24.3 Å². The molecule has 2 rings (SSSR count). The molecule has 1 aromatic heterocycles. The molecule has 0 radical (unpaired) electrons. The van der Waals surface area contributed by atoms with Crippen LogP contribution in [-0.4, -0.2) is 29.4 Å². The SMILES string of the molecule is CC(C)[C@H](N)C(=O)NCC(=O)Nc1ccc2ncccc2c1. The molecule has 1 aromatic carbocycles. The number of carbonyl (C=O) groups excluding carboxylic acids is 2. The fourth-order valence-electron chi connectivity index (χ4n) is 1.95. The summed E-state index contributed by atoms with van der Waals surface area (Å²) in [5, 5.41) is 6.20. The number of nitrogens with one attached hydrogen (secondary N) is 2. The zero-order valence-corrected chi connectivity index (χ0v) is 12.7. The molecule has 0 fully saturated rings. The van der Waals surface area contributed by atoms with Crippen molar-refractivity contribution in [2.75, 3.05) is 11.9 Å². The number of anilines is 1. The topological polar surface area (TPSA) is 97.1 Å². The van der Waals surface area contributed by atoms with E-state index in [1.54, 1.807) is 12.3 Å². The van der Waals surface area contributed by atoms with Crippen molar-refractivity contribution in [1.29, 1.82) is 0 Å². The van der Waals surface area contributed by atoms with Crippen LogP contribution in [0.4, 0.5) is 5.69 Å². The van der Waals surface area contributed by atoms with Crippen LogP contribution < -0.4 is 16.4 Å². The maximum absolute atomic E-state index is 11.9. The van der Waals surface area contributed by atoms with E-state index in [4.69, 9.17) is 5.73 Å². The van der Waals surface area contributed by atoms with Crippen molar-refractivity contribution in [2.45, 2.75) is 19.9 Å². The van der Waals surface area contributed by atoms with Crippen molar-refractivity contribution in [3.8, 4) is 0 Å². The standard InChI is InChI=1S/C16H20N4O2/c1-10(2)15(17)16(22)19-9-14(21)20-12-5-6-13-11(8-12)4-3-7-18-13/h3-8,10,15H,9,17H2,1-2H3,(H,19,22)(H,20,21)/t15-/m0/s1. The minimum atomic E-state index is -0.612. The molecule has 0 aliphatic rings. The van der Waals surface area contributed by atoms with Crippen LogP contribution >= 0.6 is 0 Å². The summed E-state index contributed by atoms with van der Waals surface area (Å²) in [6.45, 7) is 3.60. The average molecular weight is 300 g/mol. The number of amides is 2. The number of nitrogens with two attached hydrogens (primary N) is 1. The Labute approximate surface area is 129 Å². The molecule has 2 amide bonds. The van der Waals surface area contributed by atoms with E-state index in [0.29, 0.717) is 5.69 Å². The van der Waals surface area contributed by atoms with E-state index in [1.807, 2.05) is 38.1 Å². The molecule has 0 bridgehead atoms. The average Bonchev–Trinajstić information content (AvgIpc) is 2.51. The van der Waals surface area contributed by atoms with Crippen molar-refractivity contribution >= 4 is 28.4 Å². The number of aromatic nitrogens is 1. The highest BCUT2D eigenvalue weighted by molar-refractivity contribution is 5.96. The highest BCUT2D eigenvalue weighted by Gasteiger charge is 2.17. The van der Waals surface area contributed by atoms with Gasteiger partial charge in [-0.2, -0.15) is 0 Å². The van der Waals surface area contributed by atoms with E-state index < -0.39 is 6.04 Å². The van der Waals surface area contributed by atoms with E-state index in [2.05, 4.69) is 15.6 Å². The summed E-state index contributed by atoms with van der Waals surface area (Å²) in [5.74, 6) is -0.601. The third-order valence-electron chi connectivity index (χ3n) is 3.33. The Morgan fingerprint density at radius 3 is 2.77 bits per heavy atom. The second-order valence-corrected chi connectivity index (χ2v) is 5.45. The maximum atomic E-state index is 11.9. The van der Waals surface area contributed by atoms with Gasteiger partial charge >= 0.3 is 0 Å². The first-order valence-electron chi connectivity index (χ1n) is 7.15. The van der Waals surface area contributed by atoms with E-state index in [1.165, 1.54) is 0 Å². The predicted molar refractivity (Wildman–Crippen MR) is 86.2 cm³/mol. The van der Waals surface area contributed by atoms with Crippen LogP contribution in [0.2, 0.25) is 0 Å². The molecule has 0 unspecified atom stereocenters. The molecule has 4 N–H and O–H groups in total. The predicted octanol–water partition coefficient (Wildman–Crippen LogP) is 1.27. The van der Waals surface area contributed by atoms with E-state index >= 15 is 0 Å². The van der Waals surface area contributed by atoms with Crippen LogP contribution in [0.25, 0.3) is 10.9 Å². The van der Waals surface area contributed by atoms with E-state index in [9.17, 15) is 9.59 Å². The maximum Gasteiger partial charge on any atom is 0.243 e. The summed E-state index contributed by atoms with van der Waals surface area (Å²) in [6.07, 6.45) is 1.72. The van der Waals surface area contributed by atoms with Crippen molar-refractivity contribution < 1.29 is 9.59 Å². The van der Waals surface area contributed by atoms with Crippen LogP contribution in [-0.2, 0) is 9.59 Å². The molecule has 116 valence electrons. The number of hydrogen-bond acceptors (Lipinski definition) is 4.